The monoisotopic (exact) mass is 526 g/mol. The van der Waals surface area contributed by atoms with Crippen LogP contribution in [-0.2, 0) is 0 Å². The lowest BCUT2D eigenvalue weighted by molar-refractivity contribution is 1.03. The highest BCUT2D eigenvalue weighted by atomic mass is 15.2. The van der Waals surface area contributed by atoms with Crippen LogP contribution in [0.4, 0.5) is 23.3 Å². The number of rotatable bonds is 4. The second-order valence-electron chi connectivity index (χ2n) is 11.7. The summed E-state index contributed by atoms with van der Waals surface area (Å²) in [5.41, 5.74) is 0. The van der Waals surface area contributed by atoms with Crippen LogP contribution in [0.25, 0.3) is 64.6 Å². The molecule has 0 bridgehead atoms. The first-order valence-corrected chi connectivity index (χ1v) is 13.7. The number of pyridine rings is 2. The smallest absolute Gasteiger partial charge is 0.139 e. The van der Waals surface area contributed by atoms with E-state index in [2.05, 4.69) is 137 Å². The Balaban J connectivity index is 1.91. The van der Waals surface area contributed by atoms with E-state index in [4.69, 9.17) is 9.97 Å². The Kier molecular flexibility index (Phi) is 5.17. The summed E-state index contributed by atoms with van der Waals surface area (Å²) in [6.45, 7) is 0. The van der Waals surface area contributed by atoms with E-state index in [1.807, 2.05) is 0 Å². The van der Waals surface area contributed by atoms with Crippen molar-refractivity contribution in [2.24, 2.45) is 0 Å². The molecule has 0 aliphatic carbocycles. The maximum Gasteiger partial charge on any atom is 0.139 e. The number of hydrogen-bond donors (Lipinski definition) is 0. The summed E-state index contributed by atoms with van der Waals surface area (Å²) in [6, 6.07) is 22.4. The lowest BCUT2D eigenvalue weighted by Crippen LogP contribution is -2.17. The maximum absolute atomic E-state index is 5.25. The first-order valence-electron chi connectivity index (χ1n) is 13.7. The highest BCUT2D eigenvalue weighted by Gasteiger charge is 2.24. The molecule has 200 valence electrons. The van der Waals surface area contributed by atoms with Crippen LogP contribution in [-0.4, -0.2) is 66.3 Å². The minimum atomic E-state index is 0.949. The van der Waals surface area contributed by atoms with E-state index in [0.717, 1.165) is 28.7 Å². The Labute approximate surface area is 234 Å². The van der Waals surface area contributed by atoms with Crippen LogP contribution in [0, 0.1) is 0 Å². The minimum Gasteiger partial charge on any atom is -0.363 e. The molecular formula is C34H34N6. The first-order chi connectivity index (χ1) is 19.2. The molecule has 7 rings (SSSR count). The van der Waals surface area contributed by atoms with E-state index in [1.165, 1.54) is 59.2 Å². The molecule has 40 heavy (non-hydrogen) atoms. The SMILES string of the molecule is CN(C)c1cc2c(cc3c4ccccc4cc4c5c(N(C)C)nc(N(C)C)c6cccc(c65)c2c34)c(N(C)C)n1. The minimum absolute atomic E-state index is 0.949. The van der Waals surface area contributed by atoms with Crippen molar-refractivity contribution in [3.8, 4) is 0 Å². The number of anilines is 4. The summed E-state index contributed by atoms with van der Waals surface area (Å²) in [5, 5.41) is 14.8. The Morgan fingerprint density at radius 3 is 1.68 bits per heavy atom. The van der Waals surface area contributed by atoms with Gasteiger partial charge < -0.3 is 19.6 Å². The summed E-state index contributed by atoms with van der Waals surface area (Å²) in [7, 11) is 16.6. The molecule has 0 fully saturated rings. The Morgan fingerprint density at radius 2 is 0.975 bits per heavy atom. The zero-order chi connectivity index (χ0) is 28.0. The van der Waals surface area contributed by atoms with Crippen molar-refractivity contribution in [3.63, 3.8) is 0 Å². The van der Waals surface area contributed by atoms with E-state index in [0.29, 0.717) is 0 Å². The molecule has 0 aliphatic rings. The lowest BCUT2D eigenvalue weighted by atomic mass is 9.85. The third kappa shape index (κ3) is 3.22. The topological polar surface area (TPSA) is 38.7 Å². The summed E-state index contributed by atoms with van der Waals surface area (Å²) >= 11 is 0. The normalized spacial score (nSPS) is 12.0. The number of nitrogens with zero attached hydrogens (tertiary/aromatic N) is 6. The highest BCUT2D eigenvalue weighted by molar-refractivity contribution is 6.43. The third-order valence-electron chi connectivity index (χ3n) is 8.18. The molecule has 2 heterocycles. The van der Waals surface area contributed by atoms with Gasteiger partial charge in [0.15, 0.2) is 0 Å². The molecule has 0 N–H and O–H groups in total. The predicted octanol–water partition coefficient (Wildman–Crippen LogP) is 7.10. The van der Waals surface area contributed by atoms with Gasteiger partial charge in [0.1, 0.15) is 23.3 Å². The van der Waals surface area contributed by atoms with Crippen LogP contribution in [0.2, 0.25) is 0 Å². The summed E-state index contributed by atoms with van der Waals surface area (Å²) in [6.07, 6.45) is 0. The zero-order valence-electron chi connectivity index (χ0n) is 24.5. The molecule has 6 nitrogen and oxygen atoms in total. The molecule has 2 aromatic heterocycles. The van der Waals surface area contributed by atoms with Crippen molar-refractivity contribution in [1.29, 1.82) is 0 Å². The summed E-state index contributed by atoms with van der Waals surface area (Å²) < 4.78 is 0. The Hall–Kier alpha value is -4.58. The van der Waals surface area contributed by atoms with Crippen LogP contribution in [0.15, 0.2) is 60.7 Å². The predicted molar refractivity (Wildman–Crippen MR) is 176 cm³/mol. The molecule has 7 aromatic rings. The molecule has 0 unspecified atom stereocenters. The van der Waals surface area contributed by atoms with Gasteiger partial charge in [-0.25, -0.2) is 9.97 Å². The Bertz CT molecular complexity index is 2120. The summed E-state index contributed by atoms with van der Waals surface area (Å²) in [5.74, 6) is 3.90. The fraction of sp³-hybridized carbons (Fsp3) is 0.235. The zero-order valence-corrected chi connectivity index (χ0v) is 24.5. The van der Waals surface area contributed by atoms with Gasteiger partial charge in [-0.1, -0.05) is 42.5 Å². The van der Waals surface area contributed by atoms with Gasteiger partial charge in [0.05, 0.1) is 0 Å². The number of fused-ring (bicyclic) bond motifs is 6. The van der Waals surface area contributed by atoms with Gasteiger partial charge in [-0.15, -0.1) is 0 Å². The van der Waals surface area contributed by atoms with E-state index in [-0.39, 0.29) is 0 Å². The first kappa shape index (κ1) is 24.5. The van der Waals surface area contributed by atoms with Crippen molar-refractivity contribution in [2.75, 3.05) is 76.0 Å². The number of hydrogen-bond acceptors (Lipinski definition) is 6. The standard InChI is InChI=1S/C34H34N6/c1-37(2)27-18-24-25(33(35-27)39(5)6)17-23-20-13-10-9-12-19(20)16-26-30(23)29(24)21-14-11-15-22-28(21)31(26)34(40(7)8)36-32(22)38(3)4/h9-18H,1-8H3. The molecule has 0 spiro atoms. The van der Waals surface area contributed by atoms with Crippen LogP contribution in [0.3, 0.4) is 0 Å². The van der Waals surface area contributed by atoms with Crippen LogP contribution in [0.1, 0.15) is 0 Å². The average molecular weight is 527 g/mol. The molecule has 0 amide bonds. The maximum atomic E-state index is 5.25. The molecule has 0 aliphatic heterocycles. The summed E-state index contributed by atoms with van der Waals surface area (Å²) in [4.78, 5) is 18.9. The van der Waals surface area contributed by atoms with Gasteiger partial charge in [0.25, 0.3) is 0 Å². The molecule has 0 saturated carbocycles. The third-order valence-corrected chi connectivity index (χ3v) is 8.18. The average Bonchev–Trinajstić information content (AvgIpc) is 2.93. The van der Waals surface area contributed by atoms with Crippen molar-refractivity contribution < 1.29 is 0 Å². The van der Waals surface area contributed by atoms with Crippen molar-refractivity contribution in [3.05, 3.63) is 60.7 Å². The second kappa shape index (κ2) is 8.46. The van der Waals surface area contributed by atoms with Gasteiger partial charge in [-0.3, -0.25) is 0 Å². The molecule has 0 atom stereocenters. The molecule has 0 saturated heterocycles. The van der Waals surface area contributed by atoms with Crippen LogP contribution < -0.4 is 19.6 Å². The van der Waals surface area contributed by atoms with Crippen molar-refractivity contribution >= 4 is 87.9 Å². The van der Waals surface area contributed by atoms with Crippen LogP contribution >= 0.6 is 0 Å². The van der Waals surface area contributed by atoms with Gasteiger partial charge in [-0.05, 0) is 61.3 Å². The quantitative estimate of drug-likeness (QED) is 0.180. The molecule has 5 aromatic carbocycles. The van der Waals surface area contributed by atoms with Gasteiger partial charge >= 0.3 is 0 Å². The second-order valence-corrected chi connectivity index (χ2v) is 11.7. The van der Waals surface area contributed by atoms with E-state index in [1.54, 1.807) is 0 Å². The largest absolute Gasteiger partial charge is 0.363 e. The number of aromatic nitrogens is 2. The highest BCUT2D eigenvalue weighted by Crippen LogP contribution is 2.50. The molecule has 0 radical (unpaired) electrons. The van der Waals surface area contributed by atoms with Gasteiger partial charge in [-0.2, -0.15) is 0 Å². The van der Waals surface area contributed by atoms with Crippen molar-refractivity contribution in [2.45, 2.75) is 0 Å². The van der Waals surface area contributed by atoms with Gasteiger partial charge in [0, 0.05) is 77.9 Å². The van der Waals surface area contributed by atoms with E-state index < -0.39 is 0 Å². The molecular weight excluding hydrogens is 492 g/mol. The molecule has 6 heteroatoms. The fourth-order valence-electron chi connectivity index (χ4n) is 6.46. The fourth-order valence-corrected chi connectivity index (χ4v) is 6.46. The number of benzene rings is 5. The van der Waals surface area contributed by atoms with E-state index >= 15 is 0 Å². The lowest BCUT2D eigenvalue weighted by Gasteiger charge is -2.26. The van der Waals surface area contributed by atoms with Crippen molar-refractivity contribution in [1.82, 2.24) is 9.97 Å². The Morgan fingerprint density at radius 1 is 0.400 bits per heavy atom. The van der Waals surface area contributed by atoms with E-state index in [9.17, 15) is 0 Å². The van der Waals surface area contributed by atoms with Crippen LogP contribution in [0.5, 0.6) is 0 Å². The van der Waals surface area contributed by atoms with Gasteiger partial charge in [0.2, 0.25) is 0 Å².